The van der Waals surface area contributed by atoms with E-state index in [1.54, 1.807) is 12.1 Å². The van der Waals surface area contributed by atoms with Gasteiger partial charge in [0.2, 0.25) is 15.9 Å². The fraction of sp³-hybridized carbons (Fsp3) is 0.263. The van der Waals surface area contributed by atoms with E-state index in [0.29, 0.717) is 13.1 Å². The number of hydrogen-bond acceptors (Lipinski definition) is 4. The van der Waals surface area contributed by atoms with Gasteiger partial charge in [0, 0.05) is 17.6 Å². The van der Waals surface area contributed by atoms with E-state index in [2.05, 4.69) is 31.0 Å². The molecule has 7 nitrogen and oxygen atoms in total. The molecule has 1 aromatic heterocycles. The second-order valence-electron chi connectivity index (χ2n) is 6.39. The first kappa shape index (κ1) is 20.5. The molecular weight excluding hydrogens is 444 g/mol. The molecule has 3 aromatic rings. The molecule has 2 N–H and O–H groups in total. The number of para-hydroxylation sites is 2. The zero-order chi connectivity index (χ0) is 20.3. The average molecular weight is 465 g/mol. The van der Waals surface area contributed by atoms with E-state index < -0.39 is 16.1 Å². The van der Waals surface area contributed by atoms with Crippen LogP contribution < -0.4 is 10.0 Å². The number of imidazole rings is 1. The van der Waals surface area contributed by atoms with E-state index in [4.69, 9.17) is 0 Å². The highest BCUT2D eigenvalue weighted by Crippen LogP contribution is 2.16. The molecule has 0 aliphatic heterocycles. The fourth-order valence-corrected chi connectivity index (χ4v) is 4.36. The standard InChI is InChI=1S/C19H21BrN4O3S/c1-13(23-28(26,27)16-9-7-15(20)8-10-16)19(25)21-11-12-24-14(2)22-17-5-3-4-6-18(17)24/h3-10,13,23H,11-12H2,1-2H3,(H,21,25)/t13-/m1/s1. The quantitative estimate of drug-likeness (QED) is 0.561. The largest absolute Gasteiger partial charge is 0.353 e. The number of carbonyl (C=O) groups is 1. The maximum atomic E-state index is 12.4. The van der Waals surface area contributed by atoms with Gasteiger partial charge in [-0.2, -0.15) is 4.72 Å². The Morgan fingerprint density at radius 1 is 1.18 bits per heavy atom. The lowest BCUT2D eigenvalue weighted by molar-refractivity contribution is -0.122. The van der Waals surface area contributed by atoms with Gasteiger partial charge in [0.15, 0.2) is 0 Å². The van der Waals surface area contributed by atoms with Crippen molar-refractivity contribution in [2.45, 2.75) is 31.3 Å². The van der Waals surface area contributed by atoms with Crippen LogP contribution in [0.3, 0.4) is 0 Å². The van der Waals surface area contributed by atoms with Gasteiger partial charge in [-0.1, -0.05) is 28.1 Å². The molecule has 0 radical (unpaired) electrons. The smallest absolute Gasteiger partial charge is 0.241 e. The molecule has 1 heterocycles. The first-order chi connectivity index (χ1) is 13.3. The molecule has 0 saturated carbocycles. The van der Waals surface area contributed by atoms with Crippen LogP contribution in [-0.2, 0) is 21.4 Å². The van der Waals surface area contributed by atoms with Crippen molar-refractivity contribution in [3.63, 3.8) is 0 Å². The number of benzene rings is 2. The second-order valence-corrected chi connectivity index (χ2v) is 9.02. The minimum atomic E-state index is -3.77. The van der Waals surface area contributed by atoms with E-state index >= 15 is 0 Å². The van der Waals surface area contributed by atoms with Crippen LogP contribution in [0, 0.1) is 6.92 Å². The highest BCUT2D eigenvalue weighted by atomic mass is 79.9. The summed E-state index contributed by atoms with van der Waals surface area (Å²) >= 11 is 3.27. The number of hydrogen-bond donors (Lipinski definition) is 2. The van der Waals surface area contributed by atoms with Gasteiger partial charge in [-0.25, -0.2) is 13.4 Å². The number of carbonyl (C=O) groups excluding carboxylic acids is 1. The Hall–Kier alpha value is -2.23. The number of aromatic nitrogens is 2. The summed E-state index contributed by atoms with van der Waals surface area (Å²) in [4.78, 5) is 16.9. The summed E-state index contributed by atoms with van der Waals surface area (Å²) in [6, 6.07) is 13.1. The van der Waals surface area contributed by atoms with E-state index in [1.165, 1.54) is 19.1 Å². The molecule has 148 valence electrons. The lowest BCUT2D eigenvalue weighted by atomic mass is 10.3. The molecule has 1 atom stereocenters. The van der Waals surface area contributed by atoms with Gasteiger partial charge in [0.1, 0.15) is 5.82 Å². The number of rotatable bonds is 7. The normalized spacial score (nSPS) is 12.8. The molecule has 1 amide bonds. The minimum Gasteiger partial charge on any atom is -0.353 e. The molecule has 0 fully saturated rings. The third-order valence-electron chi connectivity index (χ3n) is 4.33. The van der Waals surface area contributed by atoms with Crippen LogP contribution >= 0.6 is 15.9 Å². The predicted molar refractivity (Wildman–Crippen MR) is 111 cm³/mol. The second kappa shape index (κ2) is 8.42. The summed E-state index contributed by atoms with van der Waals surface area (Å²) in [5, 5.41) is 2.77. The van der Waals surface area contributed by atoms with Crippen molar-refractivity contribution in [3.05, 3.63) is 58.8 Å². The van der Waals surface area contributed by atoms with Gasteiger partial charge in [-0.3, -0.25) is 4.79 Å². The minimum absolute atomic E-state index is 0.107. The topological polar surface area (TPSA) is 93.1 Å². The number of fused-ring (bicyclic) bond motifs is 1. The Morgan fingerprint density at radius 2 is 1.86 bits per heavy atom. The van der Waals surface area contributed by atoms with Crippen LogP contribution in [0.4, 0.5) is 0 Å². The van der Waals surface area contributed by atoms with Gasteiger partial charge in [-0.15, -0.1) is 0 Å². The summed E-state index contributed by atoms with van der Waals surface area (Å²) in [7, 11) is -3.77. The van der Waals surface area contributed by atoms with Crippen molar-refractivity contribution in [1.82, 2.24) is 19.6 Å². The van der Waals surface area contributed by atoms with Crippen LogP contribution in [-0.4, -0.2) is 36.5 Å². The van der Waals surface area contributed by atoms with E-state index in [-0.39, 0.29) is 10.8 Å². The molecule has 0 aliphatic rings. The number of sulfonamides is 1. The van der Waals surface area contributed by atoms with Gasteiger partial charge < -0.3 is 9.88 Å². The zero-order valence-electron chi connectivity index (χ0n) is 15.5. The molecule has 0 aliphatic carbocycles. The maximum Gasteiger partial charge on any atom is 0.241 e. The van der Waals surface area contributed by atoms with Crippen LogP contribution in [0.25, 0.3) is 11.0 Å². The number of nitrogens with zero attached hydrogens (tertiary/aromatic N) is 2. The Labute approximate surface area is 172 Å². The predicted octanol–water partition coefficient (Wildman–Crippen LogP) is 2.59. The van der Waals surface area contributed by atoms with Crippen LogP contribution in [0.1, 0.15) is 12.7 Å². The third kappa shape index (κ3) is 4.60. The average Bonchev–Trinajstić information content (AvgIpc) is 2.97. The van der Waals surface area contributed by atoms with Gasteiger partial charge in [0.05, 0.1) is 22.0 Å². The molecule has 0 spiro atoms. The number of nitrogens with one attached hydrogen (secondary N) is 2. The van der Waals surface area contributed by atoms with Crippen LogP contribution in [0.15, 0.2) is 57.9 Å². The van der Waals surface area contributed by atoms with Crippen LogP contribution in [0.2, 0.25) is 0 Å². The molecule has 9 heteroatoms. The van der Waals surface area contributed by atoms with Gasteiger partial charge in [-0.05, 0) is 50.2 Å². The molecule has 0 bridgehead atoms. The third-order valence-corrected chi connectivity index (χ3v) is 6.41. The van der Waals surface area contributed by atoms with E-state index in [1.807, 2.05) is 35.8 Å². The first-order valence-electron chi connectivity index (χ1n) is 8.75. The van der Waals surface area contributed by atoms with Gasteiger partial charge >= 0.3 is 0 Å². The van der Waals surface area contributed by atoms with Crippen LogP contribution in [0.5, 0.6) is 0 Å². The molecule has 0 saturated heterocycles. The Balaban J connectivity index is 1.58. The molecule has 3 rings (SSSR count). The van der Waals surface area contributed by atoms with Crippen molar-refractivity contribution in [2.24, 2.45) is 0 Å². The summed E-state index contributed by atoms with van der Waals surface area (Å²) in [6.45, 7) is 4.34. The molecule has 0 unspecified atom stereocenters. The van der Waals surface area contributed by atoms with Crippen molar-refractivity contribution in [2.75, 3.05) is 6.54 Å². The summed E-state index contributed by atoms with van der Waals surface area (Å²) < 4.78 is 30.0. The summed E-state index contributed by atoms with van der Waals surface area (Å²) in [6.07, 6.45) is 0. The number of aryl methyl sites for hydroxylation is 1. The fourth-order valence-electron chi connectivity index (χ4n) is 2.89. The highest BCUT2D eigenvalue weighted by Gasteiger charge is 2.21. The van der Waals surface area contributed by atoms with Crippen molar-refractivity contribution in [3.8, 4) is 0 Å². The SMILES string of the molecule is Cc1nc2ccccc2n1CCNC(=O)[C@@H](C)NS(=O)(=O)c1ccc(Br)cc1. The number of halogens is 1. The monoisotopic (exact) mass is 464 g/mol. The van der Waals surface area contributed by atoms with Crippen molar-refractivity contribution < 1.29 is 13.2 Å². The highest BCUT2D eigenvalue weighted by molar-refractivity contribution is 9.10. The Morgan fingerprint density at radius 3 is 2.57 bits per heavy atom. The number of amides is 1. The summed E-state index contributed by atoms with van der Waals surface area (Å²) in [5.41, 5.74) is 1.90. The lowest BCUT2D eigenvalue weighted by Gasteiger charge is -2.15. The zero-order valence-corrected chi connectivity index (χ0v) is 17.9. The molecule has 28 heavy (non-hydrogen) atoms. The molecule has 2 aromatic carbocycles. The van der Waals surface area contributed by atoms with E-state index in [0.717, 1.165) is 21.3 Å². The maximum absolute atomic E-state index is 12.4. The summed E-state index contributed by atoms with van der Waals surface area (Å²) in [5.74, 6) is 0.474. The molecular formula is C19H21BrN4O3S. The van der Waals surface area contributed by atoms with Gasteiger partial charge in [0.25, 0.3) is 0 Å². The van der Waals surface area contributed by atoms with Crippen molar-refractivity contribution in [1.29, 1.82) is 0 Å². The Kier molecular flexibility index (Phi) is 6.17. The lowest BCUT2D eigenvalue weighted by Crippen LogP contribution is -2.45. The van der Waals surface area contributed by atoms with Crippen molar-refractivity contribution >= 4 is 42.9 Å². The van der Waals surface area contributed by atoms with E-state index in [9.17, 15) is 13.2 Å². The first-order valence-corrected chi connectivity index (χ1v) is 11.0. The Bertz CT molecular complexity index is 1090.